The zero-order valence-electron chi connectivity index (χ0n) is 12.6. The van der Waals surface area contributed by atoms with Gasteiger partial charge in [-0.25, -0.2) is 9.97 Å². The van der Waals surface area contributed by atoms with Crippen molar-refractivity contribution < 1.29 is 0 Å². The minimum absolute atomic E-state index is 0.250. The maximum absolute atomic E-state index is 5.72. The first-order valence-electron chi connectivity index (χ1n) is 7.35. The predicted molar refractivity (Wildman–Crippen MR) is 91.2 cm³/mol. The second kappa shape index (κ2) is 5.21. The summed E-state index contributed by atoms with van der Waals surface area (Å²) in [6.07, 6.45) is 3.49. The van der Waals surface area contributed by atoms with E-state index >= 15 is 0 Å². The van der Waals surface area contributed by atoms with Crippen molar-refractivity contribution in [1.29, 1.82) is 0 Å². The molecule has 0 spiro atoms. The van der Waals surface area contributed by atoms with Gasteiger partial charge in [0.1, 0.15) is 11.6 Å². The molecule has 4 aromatic rings. The Morgan fingerprint density at radius 1 is 0.957 bits per heavy atom. The number of aryl methyl sites for hydroxylation is 1. The summed E-state index contributed by atoms with van der Waals surface area (Å²) in [6.45, 7) is 2.00. The van der Waals surface area contributed by atoms with Crippen LogP contribution in [-0.2, 0) is 0 Å². The van der Waals surface area contributed by atoms with Crippen LogP contribution in [0.1, 0.15) is 5.69 Å². The Kier molecular flexibility index (Phi) is 3.05. The van der Waals surface area contributed by atoms with E-state index in [1.807, 2.05) is 35.9 Å². The maximum atomic E-state index is 5.72. The Hall–Kier alpha value is -3.21. The van der Waals surface area contributed by atoms with Crippen LogP contribution in [0.3, 0.4) is 0 Å². The lowest BCUT2D eigenvalue weighted by atomic mass is 10.1. The average Bonchev–Trinajstić information content (AvgIpc) is 2.96. The molecule has 0 bridgehead atoms. The SMILES string of the molecule is Cc1cnc(-c2ccc3ccccc3c2)n1-c1ccnc(N)n1. The first-order chi connectivity index (χ1) is 11.2. The van der Waals surface area contributed by atoms with Gasteiger partial charge in [0.2, 0.25) is 5.95 Å². The zero-order valence-corrected chi connectivity index (χ0v) is 12.6. The Labute approximate surface area is 133 Å². The van der Waals surface area contributed by atoms with Crippen LogP contribution >= 0.6 is 0 Å². The summed E-state index contributed by atoms with van der Waals surface area (Å²) in [6, 6.07) is 16.4. The number of hydrogen-bond acceptors (Lipinski definition) is 4. The van der Waals surface area contributed by atoms with Gasteiger partial charge in [-0.05, 0) is 29.8 Å². The van der Waals surface area contributed by atoms with Gasteiger partial charge in [0.05, 0.1) is 0 Å². The lowest BCUT2D eigenvalue weighted by Gasteiger charge is -2.10. The lowest BCUT2D eigenvalue weighted by molar-refractivity contribution is 0.951. The molecule has 5 heteroatoms. The molecular weight excluding hydrogens is 286 g/mol. The van der Waals surface area contributed by atoms with E-state index in [2.05, 4.69) is 45.3 Å². The Morgan fingerprint density at radius 3 is 2.61 bits per heavy atom. The Morgan fingerprint density at radius 2 is 1.78 bits per heavy atom. The summed E-state index contributed by atoms with van der Waals surface area (Å²) >= 11 is 0. The van der Waals surface area contributed by atoms with Gasteiger partial charge in [-0.15, -0.1) is 0 Å². The molecule has 112 valence electrons. The van der Waals surface area contributed by atoms with Crippen LogP contribution in [0.5, 0.6) is 0 Å². The quantitative estimate of drug-likeness (QED) is 0.616. The molecule has 0 aliphatic heterocycles. The molecule has 5 nitrogen and oxygen atoms in total. The highest BCUT2D eigenvalue weighted by Gasteiger charge is 2.13. The third-order valence-electron chi connectivity index (χ3n) is 3.83. The molecule has 23 heavy (non-hydrogen) atoms. The number of nitrogens with zero attached hydrogens (tertiary/aromatic N) is 4. The Balaban J connectivity index is 1.92. The maximum Gasteiger partial charge on any atom is 0.221 e. The van der Waals surface area contributed by atoms with Gasteiger partial charge in [-0.2, -0.15) is 4.98 Å². The van der Waals surface area contributed by atoms with Crippen LogP contribution in [0.15, 0.2) is 60.9 Å². The molecule has 2 aromatic heterocycles. The van der Waals surface area contributed by atoms with Crippen molar-refractivity contribution in [3.8, 4) is 17.2 Å². The van der Waals surface area contributed by atoms with Gasteiger partial charge in [0.25, 0.3) is 0 Å². The van der Waals surface area contributed by atoms with Gasteiger partial charge in [-0.1, -0.05) is 36.4 Å². The van der Waals surface area contributed by atoms with Crippen molar-refractivity contribution in [3.63, 3.8) is 0 Å². The fourth-order valence-corrected chi connectivity index (χ4v) is 2.75. The highest BCUT2D eigenvalue weighted by atomic mass is 15.2. The smallest absolute Gasteiger partial charge is 0.221 e. The van der Waals surface area contributed by atoms with Crippen molar-refractivity contribution in [2.24, 2.45) is 0 Å². The molecule has 0 amide bonds. The molecule has 0 aliphatic rings. The van der Waals surface area contributed by atoms with Crippen molar-refractivity contribution in [3.05, 3.63) is 66.6 Å². The fourth-order valence-electron chi connectivity index (χ4n) is 2.75. The zero-order chi connectivity index (χ0) is 15.8. The van der Waals surface area contributed by atoms with E-state index in [0.717, 1.165) is 22.9 Å². The number of aromatic nitrogens is 4. The largest absolute Gasteiger partial charge is 0.368 e. The van der Waals surface area contributed by atoms with E-state index in [4.69, 9.17) is 5.73 Å². The van der Waals surface area contributed by atoms with Crippen LogP contribution in [0.2, 0.25) is 0 Å². The molecule has 2 N–H and O–H groups in total. The van der Waals surface area contributed by atoms with E-state index in [-0.39, 0.29) is 5.95 Å². The highest BCUT2D eigenvalue weighted by Crippen LogP contribution is 2.26. The van der Waals surface area contributed by atoms with Gasteiger partial charge in [-0.3, -0.25) is 4.57 Å². The van der Waals surface area contributed by atoms with Crippen molar-refractivity contribution in [1.82, 2.24) is 19.5 Å². The third kappa shape index (κ3) is 2.32. The van der Waals surface area contributed by atoms with Gasteiger partial charge >= 0.3 is 0 Å². The first-order valence-corrected chi connectivity index (χ1v) is 7.35. The van der Waals surface area contributed by atoms with Crippen LogP contribution < -0.4 is 5.73 Å². The Bertz CT molecular complexity index is 1000. The van der Waals surface area contributed by atoms with Crippen molar-refractivity contribution in [2.45, 2.75) is 6.92 Å². The predicted octanol–water partition coefficient (Wildman–Crippen LogP) is 3.37. The normalized spacial score (nSPS) is 11.0. The molecular formula is C18H15N5. The molecule has 2 aromatic carbocycles. The number of hydrogen-bond donors (Lipinski definition) is 1. The average molecular weight is 301 g/mol. The van der Waals surface area contributed by atoms with E-state index in [0.29, 0.717) is 0 Å². The number of nitrogens with two attached hydrogens (primary N) is 1. The number of imidazole rings is 1. The number of benzene rings is 2. The summed E-state index contributed by atoms with van der Waals surface area (Å²) in [5.41, 5.74) is 7.75. The summed E-state index contributed by atoms with van der Waals surface area (Å²) in [5, 5.41) is 2.39. The number of rotatable bonds is 2. The molecule has 0 fully saturated rings. The van der Waals surface area contributed by atoms with Crippen LogP contribution in [0, 0.1) is 6.92 Å². The summed E-state index contributed by atoms with van der Waals surface area (Å²) in [7, 11) is 0. The second-order valence-corrected chi connectivity index (χ2v) is 5.39. The minimum Gasteiger partial charge on any atom is -0.368 e. The molecule has 0 radical (unpaired) electrons. The standard InChI is InChI=1S/C18H15N5/c1-12-11-21-17(23(12)16-8-9-20-18(19)22-16)15-7-6-13-4-2-3-5-14(13)10-15/h2-11H,1H3,(H2,19,20,22). The molecule has 4 rings (SSSR count). The number of fused-ring (bicyclic) bond motifs is 1. The third-order valence-corrected chi connectivity index (χ3v) is 3.83. The summed E-state index contributed by atoms with van der Waals surface area (Å²) in [5.74, 6) is 1.81. The monoisotopic (exact) mass is 301 g/mol. The van der Waals surface area contributed by atoms with Crippen molar-refractivity contribution in [2.75, 3.05) is 5.73 Å². The topological polar surface area (TPSA) is 69.6 Å². The van der Waals surface area contributed by atoms with E-state index in [1.54, 1.807) is 6.20 Å². The number of nitrogen functional groups attached to an aromatic ring is 1. The second-order valence-electron chi connectivity index (χ2n) is 5.39. The van der Waals surface area contributed by atoms with Crippen LogP contribution in [-0.4, -0.2) is 19.5 Å². The summed E-state index contributed by atoms with van der Waals surface area (Å²) in [4.78, 5) is 12.8. The minimum atomic E-state index is 0.250. The lowest BCUT2D eigenvalue weighted by Crippen LogP contribution is -2.05. The first kappa shape index (κ1) is 13.5. The van der Waals surface area contributed by atoms with E-state index < -0.39 is 0 Å². The van der Waals surface area contributed by atoms with E-state index in [1.165, 1.54) is 10.8 Å². The van der Waals surface area contributed by atoms with Crippen LogP contribution in [0.25, 0.3) is 28.0 Å². The molecule has 2 heterocycles. The van der Waals surface area contributed by atoms with Gasteiger partial charge < -0.3 is 5.73 Å². The highest BCUT2D eigenvalue weighted by molar-refractivity contribution is 5.86. The van der Waals surface area contributed by atoms with Gasteiger partial charge in [0, 0.05) is 23.7 Å². The van der Waals surface area contributed by atoms with Crippen LogP contribution in [0.4, 0.5) is 5.95 Å². The number of anilines is 1. The van der Waals surface area contributed by atoms with E-state index in [9.17, 15) is 0 Å². The molecule has 0 aliphatic carbocycles. The molecule has 0 atom stereocenters. The van der Waals surface area contributed by atoms with Crippen molar-refractivity contribution >= 4 is 16.7 Å². The molecule has 0 unspecified atom stereocenters. The molecule has 0 saturated heterocycles. The van der Waals surface area contributed by atoms with Gasteiger partial charge in [0.15, 0.2) is 0 Å². The fraction of sp³-hybridized carbons (Fsp3) is 0.0556. The summed E-state index contributed by atoms with van der Waals surface area (Å²) < 4.78 is 1.99. The molecule has 0 saturated carbocycles.